The molecule has 4 nitrogen and oxygen atoms in total. The van der Waals surface area contributed by atoms with Crippen molar-refractivity contribution in [3.05, 3.63) is 0 Å². The fourth-order valence-electron chi connectivity index (χ4n) is 1.64. The Kier molecular flexibility index (Phi) is 4.88. The van der Waals surface area contributed by atoms with Crippen molar-refractivity contribution in [1.82, 2.24) is 10.6 Å². The van der Waals surface area contributed by atoms with Crippen LogP contribution in [0.3, 0.4) is 0 Å². The van der Waals surface area contributed by atoms with Crippen LogP contribution in [0.2, 0.25) is 0 Å². The molecule has 1 aliphatic heterocycles. The molecule has 1 aliphatic rings. The number of amides is 2. The molecular weight excluding hydrogens is 192 g/mol. The van der Waals surface area contributed by atoms with E-state index in [9.17, 15) is 4.79 Å². The Morgan fingerprint density at radius 3 is 2.67 bits per heavy atom. The van der Waals surface area contributed by atoms with Crippen molar-refractivity contribution in [2.24, 2.45) is 0 Å². The van der Waals surface area contributed by atoms with Crippen LogP contribution in [0.4, 0.5) is 4.79 Å². The minimum atomic E-state index is -0.0887. The quantitative estimate of drug-likeness (QED) is 0.699. The molecule has 0 aromatic carbocycles. The molecule has 0 radical (unpaired) electrons. The van der Waals surface area contributed by atoms with Gasteiger partial charge >= 0.3 is 6.03 Å². The molecule has 1 rings (SSSR count). The van der Waals surface area contributed by atoms with Crippen LogP contribution in [-0.4, -0.2) is 31.3 Å². The van der Waals surface area contributed by atoms with Gasteiger partial charge in [-0.25, -0.2) is 4.79 Å². The SMILES string of the molecule is CCCCNC(=O)NC1(C)CCOCC1. The first kappa shape index (κ1) is 12.3. The van der Waals surface area contributed by atoms with E-state index in [0.717, 1.165) is 45.4 Å². The van der Waals surface area contributed by atoms with Crippen LogP contribution >= 0.6 is 0 Å². The highest BCUT2D eigenvalue weighted by atomic mass is 16.5. The Morgan fingerprint density at radius 2 is 2.07 bits per heavy atom. The van der Waals surface area contributed by atoms with Crippen LogP contribution < -0.4 is 10.6 Å². The zero-order valence-corrected chi connectivity index (χ0v) is 9.77. The first-order valence-electron chi connectivity index (χ1n) is 5.80. The van der Waals surface area contributed by atoms with Gasteiger partial charge in [-0.3, -0.25) is 0 Å². The van der Waals surface area contributed by atoms with Crippen LogP contribution in [-0.2, 0) is 4.74 Å². The minimum Gasteiger partial charge on any atom is -0.381 e. The van der Waals surface area contributed by atoms with Crippen molar-refractivity contribution in [3.8, 4) is 0 Å². The number of hydrogen-bond acceptors (Lipinski definition) is 2. The topological polar surface area (TPSA) is 50.4 Å². The van der Waals surface area contributed by atoms with Crippen molar-refractivity contribution in [1.29, 1.82) is 0 Å². The van der Waals surface area contributed by atoms with Crippen LogP contribution in [0, 0.1) is 0 Å². The van der Waals surface area contributed by atoms with Crippen LogP contribution in [0.25, 0.3) is 0 Å². The maximum atomic E-state index is 11.5. The van der Waals surface area contributed by atoms with Gasteiger partial charge in [0.2, 0.25) is 0 Å². The molecule has 1 saturated heterocycles. The monoisotopic (exact) mass is 214 g/mol. The van der Waals surface area contributed by atoms with E-state index in [0.29, 0.717) is 0 Å². The number of nitrogens with one attached hydrogen (secondary N) is 2. The molecule has 0 aromatic heterocycles. The normalized spacial score (nSPS) is 19.6. The highest BCUT2D eigenvalue weighted by molar-refractivity contribution is 5.74. The molecule has 0 bridgehead atoms. The van der Waals surface area contributed by atoms with Crippen molar-refractivity contribution >= 4 is 6.03 Å². The number of ether oxygens (including phenoxy) is 1. The second-order valence-corrected chi connectivity index (χ2v) is 4.41. The van der Waals surface area contributed by atoms with Crippen LogP contribution in [0.1, 0.15) is 39.5 Å². The number of rotatable bonds is 4. The number of urea groups is 1. The summed E-state index contributed by atoms with van der Waals surface area (Å²) >= 11 is 0. The number of hydrogen-bond donors (Lipinski definition) is 2. The zero-order chi connectivity index (χ0) is 11.1. The van der Waals surface area contributed by atoms with Crippen molar-refractivity contribution in [2.45, 2.75) is 45.1 Å². The van der Waals surface area contributed by atoms with E-state index in [1.807, 2.05) is 0 Å². The molecule has 0 aliphatic carbocycles. The first-order chi connectivity index (χ1) is 7.16. The number of carbonyl (C=O) groups is 1. The zero-order valence-electron chi connectivity index (χ0n) is 9.77. The highest BCUT2D eigenvalue weighted by Gasteiger charge is 2.28. The van der Waals surface area contributed by atoms with E-state index in [-0.39, 0.29) is 11.6 Å². The number of unbranched alkanes of at least 4 members (excludes halogenated alkanes) is 1. The fourth-order valence-corrected chi connectivity index (χ4v) is 1.64. The molecular formula is C11H22N2O2. The molecule has 88 valence electrons. The Balaban J connectivity index is 2.23. The van der Waals surface area contributed by atoms with Gasteiger partial charge in [0, 0.05) is 25.3 Å². The summed E-state index contributed by atoms with van der Waals surface area (Å²) in [6, 6.07) is -0.0483. The summed E-state index contributed by atoms with van der Waals surface area (Å²) in [5, 5.41) is 5.89. The molecule has 1 fully saturated rings. The van der Waals surface area contributed by atoms with E-state index >= 15 is 0 Å². The van der Waals surface area contributed by atoms with E-state index in [4.69, 9.17) is 4.74 Å². The smallest absolute Gasteiger partial charge is 0.315 e. The lowest BCUT2D eigenvalue weighted by atomic mass is 9.93. The van der Waals surface area contributed by atoms with Gasteiger partial charge in [-0.05, 0) is 26.2 Å². The standard InChI is InChI=1S/C11H22N2O2/c1-3-4-7-12-10(14)13-11(2)5-8-15-9-6-11/h3-9H2,1-2H3,(H2,12,13,14). The Bertz CT molecular complexity index is 201. The molecule has 0 spiro atoms. The molecule has 2 amide bonds. The summed E-state index contributed by atoms with van der Waals surface area (Å²) in [5.74, 6) is 0. The molecule has 4 heteroatoms. The number of carbonyl (C=O) groups excluding carboxylic acids is 1. The minimum absolute atomic E-state index is 0.0483. The van der Waals surface area contributed by atoms with Crippen molar-refractivity contribution < 1.29 is 9.53 Å². The summed E-state index contributed by atoms with van der Waals surface area (Å²) < 4.78 is 5.27. The lowest BCUT2D eigenvalue weighted by molar-refractivity contribution is 0.0492. The summed E-state index contributed by atoms with van der Waals surface area (Å²) in [7, 11) is 0. The summed E-state index contributed by atoms with van der Waals surface area (Å²) in [6.45, 7) is 6.43. The average Bonchev–Trinajstić information content (AvgIpc) is 2.18. The van der Waals surface area contributed by atoms with Crippen molar-refractivity contribution in [3.63, 3.8) is 0 Å². The van der Waals surface area contributed by atoms with Crippen LogP contribution in [0.15, 0.2) is 0 Å². The predicted octanol–water partition coefficient (Wildman–Crippen LogP) is 1.65. The van der Waals surface area contributed by atoms with Gasteiger partial charge in [0.05, 0.1) is 0 Å². The predicted molar refractivity (Wildman–Crippen MR) is 59.9 cm³/mol. The van der Waals surface area contributed by atoms with E-state index in [2.05, 4.69) is 24.5 Å². The molecule has 0 saturated carbocycles. The van der Waals surface area contributed by atoms with Crippen molar-refractivity contribution in [2.75, 3.05) is 19.8 Å². The van der Waals surface area contributed by atoms with Crippen LogP contribution in [0.5, 0.6) is 0 Å². The van der Waals surface area contributed by atoms with Gasteiger partial charge in [0.25, 0.3) is 0 Å². The van der Waals surface area contributed by atoms with Gasteiger partial charge in [-0.2, -0.15) is 0 Å². The summed E-state index contributed by atoms with van der Waals surface area (Å²) in [5.41, 5.74) is -0.0887. The third-order valence-electron chi connectivity index (χ3n) is 2.83. The van der Waals surface area contributed by atoms with E-state index < -0.39 is 0 Å². The highest BCUT2D eigenvalue weighted by Crippen LogP contribution is 2.19. The first-order valence-corrected chi connectivity index (χ1v) is 5.80. The maximum Gasteiger partial charge on any atom is 0.315 e. The third kappa shape index (κ3) is 4.51. The second-order valence-electron chi connectivity index (χ2n) is 4.41. The van der Waals surface area contributed by atoms with Gasteiger partial charge in [-0.15, -0.1) is 0 Å². The Hall–Kier alpha value is -0.770. The molecule has 0 aromatic rings. The molecule has 0 unspecified atom stereocenters. The fraction of sp³-hybridized carbons (Fsp3) is 0.909. The van der Waals surface area contributed by atoms with Gasteiger partial charge < -0.3 is 15.4 Å². The largest absolute Gasteiger partial charge is 0.381 e. The lowest BCUT2D eigenvalue weighted by Crippen LogP contribution is -2.53. The molecule has 1 heterocycles. The molecule has 2 N–H and O–H groups in total. The lowest BCUT2D eigenvalue weighted by Gasteiger charge is -2.34. The maximum absolute atomic E-state index is 11.5. The Labute approximate surface area is 91.8 Å². The molecule has 15 heavy (non-hydrogen) atoms. The van der Waals surface area contributed by atoms with Gasteiger partial charge in [0.15, 0.2) is 0 Å². The van der Waals surface area contributed by atoms with E-state index in [1.54, 1.807) is 0 Å². The third-order valence-corrected chi connectivity index (χ3v) is 2.83. The Morgan fingerprint density at radius 1 is 1.40 bits per heavy atom. The van der Waals surface area contributed by atoms with Gasteiger partial charge in [-0.1, -0.05) is 13.3 Å². The molecule has 0 atom stereocenters. The summed E-state index contributed by atoms with van der Waals surface area (Å²) in [6.07, 6.45) is 3.93. The summed E-state index contributed by atoms with van der Waals surface area (Å²) in [4.78, 5) is 11.5. The van der Waals surface area contributed by atoms with Gasteiger partial charge in [0.1, 0.15) is 0 Å². The van der Waals surface area contributed by atoms with E-state index in [1.165, 1.54) is 0 Å². The second kappa shape index (κ2) is 5.95. The average molecular weight is 214 g/mol.